The van der Waals surface area contributed by atoms with E-state index < -0.39 is 23.5 Å². The third-order valence-corrected chi connectivity index (χ3v) is 7.84. The SMILES string of the molecule is Cc1c(C2=C(c3ccc(C=C4CN(CCCF)C4)cc3)c3ccc(C(=O)O)cc3CCC2)ccc(C(F)(F)F)c1F. The number of fused-ring (bicyclic) bond motifs is 1. The quantitative estimate of drug-likeness (QED) is 0.293. The second-order valence-electron chi connectivity index (χ2n) is 10.7. The number of carboxylic acids is 1. The molecule has 1 heterocycles. The Morgan fingerprint density at radius 3 is 2.37 bits per heavy atom. The van der Waals surface area contributed by atoms with E-state index in [-0.39, 0.29) is 17.8 Å². The normalized spacial score (nSPS) is 15.8. The molecule has 1 N–H and O–H groups in total. The Hall–Kier alpha value is -3.78. The number of nitrogens with zero attached hydrogens (tertiary/aromatic N) is 1. The summed E-state index contributed by atoms with van der Waals surface area (Å²) in [5, 5.41) is 9.54. The van der Waals surface area contributed by atoms with Crippen molar-refractivity contribution in [1.82, 2.24) is 4.90 Å². The van der Waals surface area contributed by atoms with Crippen LogP contribution in [0.1, 0.15) is 68.6 Å². The Labute approximate surface area is 235 Å². The molecule has 0 saturated carbocycles. The fourth-order valence-electron chi connectivity index (χ4n) is 5.79. The smallest absolute Gasteiger partial charge is 0.419 e. The van der Waals surface area contributed by atoms with E-state index in [0.29, 0.717) is 31.2 Å². The molecular weight excluding hydrogens is 537 g/mol. The summed E-state index contributed by atoms with van der Waals surface area (Å²) in [6, 6.07) is 14.9. The van der Waals surface area contributed by atoms with Crippen molar-refractivity contribution in [2.24, 2.45) is 0 Å². The zero-order valence-corrected chi connectivity index (χ0v) is 22.6. The average Bonchev–Trinajstić information content (AvgIpc) is 3.10. The molecule has 0 atom stereocenters. The Morgan fingerprint density at radius 1 is 1.00 bits per heavy atom. The monoisotopic (exact) mass is 567 g/mol. The lowest BCUT2D eigenvalue weighted by molar-refractivity contribution is -0.140. The lowest BCUT2D eigenvalue weighted by Crippen LogP contribution is -2.40. The van der Waals surface area contributed by atoms with Crippen molar-refractivity contribution in [2.45, 2.75) is 38.8 Å². The standard InChI is InChI=1S/C33H30F5NO2/c1-20-26(12-13-29(31(20)35)33(36,37)38)28-5-2-4-24-17-25(32(40)41)10-11-27(24)30(28)23-8-6-21(7-9-23)16-22-18-39(19-22)15-3-14-34/h6-13,16-17H,2-5,14-15,18-19H2,1H3,(H,40,41). The van der Waals surface area contributed by atoms with Crippen LogP contribution in [0.25, 0.3) is 17.2 Å². The molecule has 1 aliphatic carbocycles. The van der Waals surface area contributed by atoms with Crippen LogP contribution in [-0.2, 0) is 12.6 Å². The fraction of sp³-hybridized carbons (Fsp3) is 0.303. The number of benzene rings is 3. The van der Waals surface area contributed by atoms with Crippen LogP contribution in [0.3, 0.4) is 0 Å². The molecule has 3 aromatic carbocycles. The van der Waals surface area contributed by atoms with Gasteiger partial charge in [0.1, 0.15) is 5.82 Å². The highest BCUT2D eigenvalue weighted by Crippen LogP contribution is 2.43. The van der Waals surface area contributed by atoms with Gasteiger partial charge in [-0.1, -0.05) is 42.5 Å². The first-order valence-electron chi connectivity index (χ1n) is 13.6. The Bertz CT molecular complexity index is 1530. The van der Waals surface area contributed by atoms with Crippen LogP contribution in [0.15, 0.2) is 60.2 Å². The Kier molecular flexibility index (Phi) is 8.13. The number of allylic oxidation sites excluding steroid dienone is 1. The summed E-state index contributed by atoms with van der Waals surface area (Å²) in [4.78, 5) is 13.8. The highest BCUT2D eigenvalue weighted by atomic mass is 19.4. The summed E-state index contributed by atoms with van der Waals surface area (Å²) in [5.41, 5.74) is 5.36. The highest BCUT2D eigenvalue weighted by molar-refractivity contribution is 6.01. The molecule has 3 nitrogen and oxygen atoms in total. The van der Waals surface area contributed by atoms with Crippen molar-refractivity contribution in [2.75, 3.05) is 26.3 Å². The number of hydrogen-bond acceptors (Lipinski definition) is 2. The molecule has 0 unspecified atom stereocenters. The van der Waals surface area contributed by atoms with Crippen molar-refractivity contribution in [3.8, 4) is 0 Å². The molecule has 1 aliphatic heterocycles. The lowest BCUT2D eigenvalue weighted by Gasteiger charge is -2.33. The predicted octanol–water partition coefficient (Wildman–Crippen LogP) is 8.21. The third-order valence-electron chi connectivity index (χ3n) is 7.84. The Morgan fingerprint density at radius 2 is 1.71 bits per heavy atom. The minimum absolute atomic E-state index is 0.0680. The molecule has 2 aliphatic rings. The number of carbonyl (C=O) groups is 1. The summed E-state index contributed by atoms with van der Waals surface area (Å²) in [7, 11) is 0. The van der Waals surface area contributed by atoms with Gasteiger partial charge in [0, 0.05) is 19.6 Å². The number of carboxylic acid groups (broad SMARTS) is 1. The number of rotatable bonds is 7. The molecule has 5 rings (SSSR count). The molecule has 0 radical (unpaired) electrons. The molecule has 214 valence electrons. The highest BCUT2D eigenvalue weighted by Gasteiger charge is 2.35. The zero-order chi connectivity index (χ0) is 29.3. The topological polar surface area (TPSA) is 40.5 Å². The maximum atomic E-state index is 15.1. The number of aromatic carboxylic acids is 1. The van der Waals surface area contributed by atoms with Gasteiger partial charge < -0.3 is 5.11 Å². The summed E-state index contributed by atoms with van der Waals surface area (Å²) >= 11 is 0. The van der Waals surface area contributed by atoms with Gasteiger partial charge in [-0.2, -0.15) is 13.2 Å². The first kappa shape index (κ1) is 28.7. The fourth-order valence-corrected chi connectivity index (χ4v) is 5.79. The lowest BCUT2D eigenvalue weighted by atomic mass is 9.85. The van der Waals surface area contributed by atoms with E-state index in [1.165, 1.54) is 24.6 Å². The molecular formula is C33H30F5NO2. The van der Waals surface area contributed by atoms with Crippen LogP contribution in [0.4, 0.5) is 22.0 Å². The van der Waals surface area contributed by atoms with E-state index in [0.717, 1.165) is 59.1 Å². The van der Waals surface area contributed by atoms with Crippen LogP contribution in [0.5, 0.6) is 0 Å². The van der Waals surface area contributed by atoms with Crippen molar-refractivity contribution in [3.63, 3.8) is 0 Å². The molecule has 0 aromatic heterocycles. The van der Waals surface area contributed by atoms with Gasteiger partial charge in [-0.3, -0.25) is 9.29 Å². The van der Waals surface area contributed by atoms with Crippen molar-refractivity contribution in [3.05, 3.63) is 110 Å². The summed E-state index contributed by atoms with van der Waals surface area (Å²) in [6.07, 6.45) is -0.492. The van der Waals surface area contributed by atoms with Crippen LogP contribution in [-0.4, -0.2) is 42.3 Å². The van der Waals surface area contributed by atoms with Crippen molar-refractivity contribution in [1.29, 1.82) is 0 Å². The Balaban J connectivity index is 1.60. The minimum Gasteiger partial charge on any atom is -0.478 e. The van der Waals surface area contributed by atoms with Gasteiger partial charge in [0.2, 0.25) is 0 Å². The molecule has 1 saturated heterocycles. The number of alkyl halides is 4. The second kappa shape index (κ2) is 11.6. The summed E-state index contributed by atoms with van der Waals surface area (Å²) in [6.45, 7) is 3.38. The van der Waals surface area contributed by atoms with E-state index >= 15 is 4.39 Å². The van der Waals surface area contributed by atoms with Crippen LogP contribution >= 0.6 is 0 Å². The molecule has 3 aromatic rings. The van der Waals surface area contributed by atoms with E-state index in [1.807, 2.05) is 24.3 Å². The van der Waals surface area contributed by atoms with Crippen molar-refractivity contribution < 1.29 is 31.9 Å². The average molecular weight is 568 g/mol. The zero-order valence-electron chi connectivity index (χ0n) is 22.6. The first-order chi connectivity index (χ1) is 19.6. The van der Waals surface area contributed by atoms with Gasteiger partial charge in [0.15, 0.2) is 0 Å². The third kappa shape index (κ3) is 5.98. The van der Waals surface area contributed by atoms with E-state index in [2.05, 4.69) is 11.0 Å². The molecule has 0 amide bonds. The van der Waals surface area contributed by atoms with Crippen LogP contribution < -0.4 is 0 Å². The number of halogens is 5. The van der Waals surface area contributed by atoms with Gasteiger partial charge in [-0.15, -0.1) is 0 Å². The van der Waals surface area contributed by atoms with Crippen LogP contribution in [0.2, 0.25) is 0 Å². The van der Waals surface area contributed by atoms with E-state index in [4.69, 9.17) is 0 Å². The van der Waals surface area contributed by atoms with E-state index in [9.17, 15) is 27.5 Å². The maximum Gasteiger partial charge on any atom is 0.419 e. The van der Waals surface area contributed by atoms with Gasteiger partial charge in [0.05, 0.1) is 17.8 Å². The largest absolute Gasteiger partial charge is 0.478 e. The maximum absolute atomic E-state index is 15.1. The molecule has 41 heavy (non-hydrogen) atoms. The van der Waals surface area contributed by atoms with Crippen molar-refractivity contribution >= 4 is 23.2 Å². The molecule has 8 heteroatoms. The number of aryl methyl sites for hydroxylation is 1. The summed E-state index contributed by atoms with van der Waals surface area (Å²) < 4.78 is 67.7. The second-order valence-corrected chi connectivity index (χ2v) is 10.7. The van der Waals surface area contributed by atoms with E-state index in [1.54, 1.807) is 12.1 Å². The molecule has 1 fully saturated rings. The van der Waals surface area contributed by atoms with Gasteiger partial charge >= 0.3 is 12.1 Å². The van der Waals surface area contributed by atoms with Crippen LogP contribution in [0, 0.1) is 12.7 Å². The molecule has 0 bridgehead atoms. The predicted molar refractivity (Wildman–Crippen MR) is 150 cm³/mol. The summed E-state index contributed by atoms with van der Waals surface area (Å²) in [5.74, 6) is -2.32. The van der Waals surface area contributed by atoms with Gasteiger partial charge in [-0.25, -0.2) is 9.18 Å². The number of hydrogen-bond donors (Lipinski definition) is 1. The van der Waals surface area contributed by atoms with Gasteiger partial charge in [0.25, 0.3) is 0 Å². The first-order valence-corrected chi connectivity index (χ1v) is 13.6. The minimum atomic E-state index is -4.80. The number of likely N-dealkylation sites (tertiary alicyclic amines) is 1. The van der Waals surface area contributed by atoms with Gasteiger partial charge in [-0.05, 0) is 101 Å². The molecule has 0 spiro atoms.